The van der Waals surface area contributed by atoms with Gasteiger partial charge in [0, 0.05) is 13.1 Å². The lowest BCUT2D eigenvalue weighted by atomic mass is 10.3. The maximum atomic E-state index is 9.26. The van der Waals surface area contributed by atoms with Crippen molar-refractivity contribution in [2.45, 2.75) is 12.6 Å². The van der Waals surface area contributed by atoms with Gasteiger partial charge in [-0.2, -0.15) is 0 Å². The maximum Gasteiger partial charge on any atom is 0.117 e. The fraction of sp³-hybridized carbons (Fsp3) is 0.556. The summed E-state index contributed by atoms with van der Waals surface area (Å²) in [6, 6.07) is 3.76. The van der Waals surface area contributed by atoms with Crippen LogP contribution in [-0.2, 0) is 6.54 Å². The third-order valence-electron chi connectivity index (χ3n) is 1.80. The lowest BCUT2D eigenvalue weighted by Gasteiger charge is -2.17. The molecule has 0 saturated carbocycles. The summed E-state index contributed by atoms with van der Waals surface area (Å²) in [4.78, 5) is 1.97. The SMILES string of the molecule is CN(Cc1ccco1)CC(O)CN. The van der Waals surface area contributed by atoms with Crippen LogP contribution >= 0.6 is 0 Å². The zero-order valence-corrected chi connectivity index (χ0v) is 7.81. The molecule has 1 atom stereocenters. The average Bonchev–Trinajstić information content (AvgIpc) is 2.56. The number of hydrogen-bond donors (Lipinski definition) is 2. The Labute approximate surface area is 77.9 Å². The molecular formula is C9H16N2O2. The van der Waals surface area contributed by atoms with Crippen molar-refractivity contribution in [3.05, 3.63) is 24.2 Å². The Morgan fingerprint density at radius 3 is 3.00 bits per heavy atom. The van der Waals surface area contributed by atoms with Gasteiger partial charge in [-0.3, -0.25) is 4.90 Å². The molecule has 1 rings (SSSR count). The van der Waals surface area contributed by atoms with Crippen LogP contribution in [0.15, 0.2) is 22.8 Å². The average molecular weight is 184 g/mol. The number of aliphatic hydroxyl groups excluding tert-OH is 1. The number of nitrogens with zero attached hydrogens (tertiary/aromatic N) is 1. The van der Waals surface area contributed by atoms with E-state index in [0.29, 0.717) is 19.6 Å². The van der Waals surface area contributed by atoms with E-state index in [1.54, 1.807) is 6.26 Å². The van der Waals surface area contributed by atoms with Crippen LogP contribution in [0.3, 0.4) is 0 Å². The summed E-state index contributed by atoms with van der Waals surface area (Å²) in [6.07, 6.45) is 1.18. The van der Waals surface area contributed by atoms with Gasteiger partial charge in [-0.1, -0.05) is 0 Å². The Bertz CT molecular complexity index is 224. The molecular weight excluding hydrogens is 168 g/mol. The topological polar surface area (TPSA) is 62.6 Å². The quantitative estimate of drug-likeness (QED) is 0.677. The number of rotatable bonds is 5. The first-order chi connectivity index (χ1) is 6.22. The highest BCUT2D eigenvalue weighted by Gasteiger charge is 2.07. The van der Waals surface area contributed by atoms with Crippen molar-refractivity contribution in [1.82, 2.24) is 4.90 Å². The highest BCUT2D eigenvalue weighted by Crippen LogP contribution is 2.03. The van der Waals surface area contributed by atoms with Gasteiger partial charge in [-0.05, 0) is 19.2 Å². The van der Waals surface area contributed by atoms with Gasteiger partial charge in [0.2, 0.25) is 0 Å². The van der Waals surface area contributed by atoms with Crippen LogP contribution in [-0.4, -0.2) is 36.2 Å². The van der Waals surface area contributed by atoms with E-state index in [9.17, 15) is 5.11 Å². The Hall–Kier alpha value is -0.840. The first-order valence-electron chi connectivity index (χ1n) is 4.31. The zero-order valence-electron chi connectivity index (χ0n) is 7.81. The minimum atomic E-state index is -0.458. The molecule has 0 saturated heterocycles. The smallest absolute Gasteiger partial charge is 0.117 e. The van der Waals surface area contributed by atoms with E-state index < -0.39 is 6.10 Å². The Balaban J connectivity index is 2.29. The van der Waals surface area contributed by atoms with Gasteiger partial charge >= 0.3 is 0 Å². The maximum absolute atomic E-state index is 9.26. The standard InChI is InChI=1S/C9H16N2O2/c1-11(6-8(12)5-10)7-9-3-2-4-13-9/h2-4,8,12H,5-7,10H2,1H3. The molecule has 0 radical (unpaired) electrons. The normalized spacial score (nSPS) is 13.5. The second-order valence-corrected chi connectivity index (χ2v) is 3.17. The molecule has 4 heteroatoms. The van der Waals surface area contributed by atoms with Crippen LogP contribution in [0.1, 0.15) is 5.76 Å². The molecule has 1 aromatic rings. The molecule has 0 fully saturated rings. The molecule has 74 valence electrons. The Kier molecular flexibility index (Phi) is 3.95. The predicted octanol–water partition coefficient (Wildman–Crippen LogP) is 0.0310. The number of aliphatic hydroxyl groups is 1. The summed E-state index contributed by atoms with van der Waals surface area (Å²) in [7, 11) is 1.92. The van der Waals surface area contributed by atoms with Crippen molar-refractivity contribution in [1.29, 1.82) is 0 Å². The molecule has 4 nitrogen and oxygen atoms in total. The minimum Gasteiger partial charge on any atom is -0.468 e. The molecule has 0 amide bonds. The van der Waals surface area contributed by atoms with Gasteiger partial charge < -0.3 is 15.3 Å². The number of likely N-dealkylation sites (N-methyl/N-ethyl adjacent to an activating group) is 1. The predicted molar refractivity (Wildman–Crippen MR) is 50.1 cm³/mol. The monoisotopic (exact) mass is 184 g/mol. The van der Waals surface area contributed by atoms with Gasteiger partial charge in [-0.25, -0.2) is 0 Å². The van der Waals surface area contributed by atoms with Crippen LogP contribution in [0.5, 0.6) is 0 Å². The van der Waals surface area contributed by atoms with Crippen LogP contribution in [0.2, 0.25) is 0 Å². The molecule has 1 unspecified atom stereocenters. The summed E-state index contributed by atoms with van der Waals surface area (Å²) < 4.78 is 5.16. The van der Waals surface area contributed by atoms with Gasteiger partial charge in [0.15, 0.2) is 0 Å². The number of hydrogen-bond acceptors (Lipinski definition) is 4. The van der Waals surface area contributed by atoms with Gasteiger partial charge in [0.05, 0.1) is 18.9 Å². The molecule has 3 N–H and O–H groups in total. The largest absolute Gasteiger partial charge is 0.468 e. The number of nitrogens with two attached hydrogens (primary N) is 1. The second-order valence-electron chi connectivity index (χ2n) is 3.17. The van der Waals surface area contributed by atoms with Crippen LogP contribution < -0.4 is 5.73 Å². The Morgan fingerprint density at radius 2 is 2.46 bits per heavy atom. The van der Waals surface area contributed by atoms with E-state index in [2.05, 4.69) is 0 Å². The van der Waals surface area contributed by atoms with E-state index in [0.717, 1.165) is 5.76 Å². The van der Waals surface area contributed by atoms with Crippen molar-refractivity contribution >= 4 is 0 Å². The Morgan fingerprint density at radius 1 is 1.69 bits per heavy atom. The molecule has 0 aliphatic rings. The minimum absolute atomic E-state index is 0.294. The van der Waals surface area contributed by atoms with Gasteiger partial charge in [0.25, 0.3) is 0 Å². The molecule has 0 bridgehead atoms. The molecule has 1 aromatic heterocycles. The van der Waals surface area contributed by atoms with Gasteiger partial charge in [-0.15, -0.1) is 0 Å². The van der Waals surface area contributed by atoms with Crippen molar-refractivity contribution in [2.24, 2.45) is 5.73 Å². The number of furan rings is 1. The van der Waals surface area contributed by atoms with Crippen LogP contribution in [0.4, 0.5) is 0 Å². The fourth-order valence-corrected chi connectivity index (χ4v) is 1.17. The molecule has 1 heterocycles. The van der Waals surface area contributed by atoms with E-state index in [-0.39, 0.29) is 0 Å². The third-order valence-corrected chi connectivity index (χ3v) is 1.80. The lowest BCUT2D eigenvalue weighted by Crippen LogP contribution is -2.33. The zero-order chi connectivity index (χ0) is 9.68. The van der Waals surface area contributed by atoms with Crippen LogP contribution in [0, 0.1) is 0 Å². The van der Waals surface area contributed by atoms with Gasteiger partial charge in [0.1, 0.15) is 5.76 Å². The second kappa shape index (κ2) is 5.01. The molecule has 0 aromatic carbocycles. The van der Waals surface area contributed by atoms with Crippen molar-refractivity contribution in [2.75, 3.05) is 20.1 Å². The summed E-state index contributed by atoms with van der Waals surface area (Å²) in [6.45, 7) is 1.56. The molecule has 0 spiro atoms. The van der Waals surface area contributed by atoms with Crippen molar-refractivity contribution in [3.63, 3.8) is 0 Å². The summed E-state index contributed by atoms with van der Waals surface area (Å²) in [5.74, 6) is 0.895. The molecule has 0 aliphatic carbocycles. The third kappa shape index (κ3) is 3.59. The van der Waals surface area contributed by atoms with E-state index in [4.69, 9.17) is 10.2 Å². The van der Waals surface area contributed by atoms with Crippen molar-refractivity contribution < 1.29 is 9.52 Å². The first-order valence-corrected chi connectivity index (χ1v) is 4.31. The van der Waals surface area contributed by atoms with E-state index in [1.807, 2.05) is 24.1 Å². The van der Waals surface area contributed by atoms with Crippen molar-refractivity contribution in [3.8, 4) is 0 Å². The molecule has 0 aliphatic heterocycles. The highest BCUT2D eigenvalue weighted by atomic mass is 16.3. The summed E-state index contributed by atoms with van der Waals surface area (Å²) in [5.41, 5.74) is 5.29. The first kappa shape index (κ1) is 10.2. The van der Waals surface area contributed by atoms with E-state index >= 15 is 0 Å². The van der Waals surface area contributed by atoms with E-state index in [1.165, 1.54) is 0 Å². The summed E-state index contributed by atoms with van der Waals surface area (Å²) >= 11 is 0. The van der Waals surface area contributed by atoms with Crippen LogP contribution in [0.25, 0.3) is 0 Å². The summed E-state index contributed by atoms with van der Waals surface area (Å²) in [5, 5.41) is 9.26. The molecule has 13 heavy (non-hydrogen) atoms. The highest BCUT2D eigenvalue weighted by molar-refractivity contribution is 4.97. The fourth-order valence-electron chi connectivity index (χ4n) is 1.17. The lowest BCUT2D eigenvalue weighted by molar-refractivity contribution is 0.126.